The first kappa shape index (κ1) is 13.5. The van der Waals surface area contributed by atoms with Gasteiger partial charge in [0.05, 0.1) is 6.54 Å². The average molecular weight is 277 g/mol. The maximum atomic E-state index is 11.8. The normalized spacial score (nSPS) is 23.8. The minimum Gasteiger partial charge on any atom is -0.352 e. The molecule has 3 rings (SSSR count). The number of carbonyl (C=O) groups excluding carboxylic acids is 1. The number of carbonyl (C=O) groups is 1. The van der Waals surface area contributed by atoms with Crippen molar-refractivity contribution in [1.82, 2.24) is 25.0 Å². The molecule has 1 saturated heterocycles. The summed E-state index contributed by atoms with van der Waals surface area (Å²) < 4.78 is 2.03. The van der Waals surface area contributed by atoms with Crippen molar-refractivity contribution in [3.8, 4) is 0 Å². The van der Waals surface area contributed by atoms with E-state index < -0.39 is 0 Å². The van der Waals surface area contributed by atoms with Crippen LogP contribution in [-0.4, -0.2) is 44.7 Å². The van der Waals surface area contributed by atoms with E-state index in [0.717, 1.165) is 57.0 Å². The van der Waals surface area contributed by atoms with E-state index in [0.29, 0.717) is 12.0 Å². The van der Waals surface area contributed by atoms with Crippen LogP contribution in [-0.2, 0) is 18.4 Å². The Kier molecular flexibility index (Phi) is 3.74. The zero-order valence-electron chi connectivity index (χ0n) is 12.3. The predicted molar refractivity (Wildman–Crippen MR) is 74.9 cm³/mol. The summed E-state index contributed by atoms with van der Waals surface area (Å²) in [4.78, 5) is 14.2. The van der Waals surface area contributed by atoms with Crippen molar-refractivity contribution in [2.75, 3.05) is 13.1 Å². The summed E-state index contributed by atoms with van der Waals surface area (Å²) in [5.74, 6) is 2.49. The second-order valence-corrected chi connectivity index (χ2v) is 6.08. The third kappa shape index (κ3) is 3.00. The molecular weight excluding hydrogens is 254 g/mol. The first-order valence-electron chi connectivity index (χ1n) is 7.51. The molecule has 20 heavy (non-hydrogen) atoms. The van der Waals surface area contributed by atoms with Gasteiger partial charge in [0.25, 0.3) is 0 Å². The molecule has 1 aromatic rings. The van der Waals surface area contributed by atoms with Gasteiger partial charge in [0.2, 0.25) is 5.91 Å². The minimum absolute atomic E-state index is 0.256. The smallest absolute Gasteiger partial charge is 0.223 e. The second-order valence-electron chi connectivity index (χ2n) is 6.08. The lowest BCUT2D eigenvalue weighted by atomic mass is 10.1. The summed E-state index contributed by atoms with van der Waals surface area (Å²) in [7, 11) is 2.00. The molecule has 1 amide bonds. The van der Waals surface area contributed by atoms with Gasteiger partial charge in [-0.25, -0.2) is 0 Å². The lowest BCUT2D eigenvalue weighted by molar-refractivity contribution is -0.123. The number of piperidine rings is 1. The third-order valence-corrected chi connectivity index (χ3v) is 4.35. The Morgan fingerprint density at radius 3 is 2.80 bits per heavy atom. The van der Waals surface area contributed by atoms with Crippen LogP contribution in [0.5, 0.6) is 0 Å². The molecule has 1 N–H and O–H groups in total. The topological polar surface area (TPSA) is 63.1 Å². The number of nitrogens with zero attached hydrogens (tertiary/aromatic N) is 4. The molecule has 1 aromatic heterocycles. The number of hydrogen-bond acceptors (Lipinski definition) is 4. The maximum absolute atomic E-state index is 11.8. The summed E-state index contributed by atoms with van der Waals surface area (Å²) in [5, 5.41) is 11.5. The van der Waals surface area contributed by atoms with E-state index in [1.165, 1.54) is 0 Å². The standard InChI is InChI=1S/C14H23N5O/c1-10-16-17-13(18(10)2)9-19-7-3-4-12(8-19)15-14(20)11-5-6-11/h11-12H,3-9H2,1-2H3,(H,15,20). The van der Waals surface area contributed by atoms with Crippen molar-refractivity contribution in [2.24, 2.45) is 13.0 Å². The van der Waals surface area contributed by atoms with Gasteiger partial charge >= 0.3 is 0 Å². The van der Waals surface area contributed by atoms with Crippen molar-refractivity contribution >= 4 is 5.91 Å². The van der Waals surface area contributed by atoms with E-state index in [4.69, 9.17) is 0 Å². The van der Waals surface area contributed by atoms with Crippen LogP contribution in [0.3, 0.4) is 0 Å². The van der Waals surface area contributed by atoms with Crippen molar-refractivity contribution in [3.05, 3.63) is 11.6 Å². The summed E-state index contributed by atoms with van der Waals surface area (Å²) in [5.41, 5.74) is 0. The minimum atomic E-state index is 0.256. The highest BCUT2D eigenvalue weighted by Gasteiger charge is 2.32. The van der Waals surface area contributed by atoms with E-state index >= 15 is 0 Å². The van der Waals surface area contributed by atoms with E-state index in [9.17, 15) is 4.79 Å². The molecule has 0 spiro atoms. The van der Waals surface area contributed by atoms with Gasteiger partial charge in [-0.1, -0.05) is 0 Å². The fraction of sp³-hybridized carbons (Fsp3) is 0.786. The highest BCUT2D eigenvalue weighted by molar-refractivity contribution is 5.81. The summed E-state index contributed by atoms with van der Waals surface area (Å²) in [6, 6.07) is 0.297. The molecule has 110 valence electrons. The quantitative estimate of drug-likeness (QED) is 0.876. The molecule has 1 atom stereocenters. The van der Waals surface area contributed by atoms with Gasteiger partial charge in [-0.2, -0.15) is 0 Å². The van der Waals surface area contributed by atoms with Crippen LogP contribution in [0, 0.1) is 12.8 Å². The lowest BCUT2D eigenvalue weighted by Crippen LogP contribution is -2.48. The predicted octanol–water partition coefficient (Wildman–Crippen LogP) is 0.614. The highest BCUT2D eigenvalue weighted by atomic mass is 16.2. The van der Waals surface area contributed by atoms with Crippen LogP contribution in [0.4, 0.5) is 0 Å². The molecule has 1 aliphatic carbocycles. The van der Waals surface area contributed by atoms with E-state index in [-0.39, 0.29) is 5.91 Å². The van der Waals surface area contributed by atoms with Crippen LogP contribution >= 0.6 is 0 Å². The number of aromatic nitrogens is 3. The molecular formula is C14H23N5O. The maximum Gasteiger partial charge on any atom is 0.223 e. The molecule has 6 nitrogen and oxygen atoms in total. The molecule has 1 aliphatic heterocycles. The zero-order chi connectivity index (χ0) is 14.1. The van der Waals surface area contributed by atoms with E-state index in [2.05, 4.69) is 20.4 Å². The van der Waals surface area contributed by atoms with Crippen molar-refractivity contribution in [2.45, 2.75) is 45.2 Å². The molecule has 0 bridgehead atoms. The van der Waals surface area contributed by atoms with Gasteiger partial charge in [0, 0.05) is 25.6 Å². The summed E-state index contributed by atoms with van der Waals surface area (Å²) >= 11 is 0. The van der Waals surface area contributed by atoms with Crippen LogP contribution in [0.25, 0.3) is 0 Å². The number of aryl methyl sites for hydroxylation is 1. The highest BCUT2D eigenvalue weighted by Crippen LogP contribution is 2.29. The molecule has 2 heterocycles. The van der Waals surface area contributed by atoms with Crippen molar-refractivity contribution < 1.29 is 4.79 Å². The van der Waals surface area contributed by atoms with Gasteiger partial charge in [-0.15, -0.1) is 10.2 Å². The number of hydrogen-bond donors (Lipinski definition) is 1. The fourth-order valence-electron chi connectivity index (χ4n) is 2.77. The third-order valence-electron chi connectivity index (χ3n) is 4.35. The van der Waals surface area contributed by atoms with Crippen molar-refractivity contribution in [1.29, 1.82) is 0 Å². The SMILES string of the molecule is Cc1nnc(CN2CCCC(NC(=O)C3CC3)C2)n1C. The Balaban J connectivity index is 1.54. The molecule has 1 saturated carbocycles. The molecule has 2 fully saturated rings. The first-order valence-corrected chi connectivity index (χ1v) is 7.51. The first-order chi connectivity index (χ1) is 9.63. The van der Waals surface area contributed by atoms with Crippen LogP contribution in [0.2, 0.25) is 0 Å². The zero-order valence-corrected chi connectivity index (χ0v) is 12.3. The Morgan fingerprint density at radius 2 is 2.15 bits per heavy atom. The number of amides is 1. The molecule has 2 aliphatic rings. The fourth-order valence-corrected chi connectivity index (χ4v) is 2.77. The molecule has 1 unspecified atom stereocenters. The Bertz CT molecular complexity index is 494. The van der Waals surface area contributed by atoms with Crippen LogP contribution < -0.4 is 5.32 Å². The number of rotatable bonds is 4. The number of likely N-dealkylation sites (tertiary alicyclic amines) is 1. The largest absolute Gasteiger partial charge is 0.352 e. The van der Waals surface area contributed by atoms with Gasteiger partial charge in [0.15, 0.2) is 0 Å². The summed E-state index contributed by atoms with van der Waals surface area (Å²) in [6.45, 7) is 4.77. The Morgan fingerprint density at radius 1 is 1.35 bits per heavy atom. The average Bonchev–Trinajstić information content (AvgIpc) is 3.23. The Hall–Kier alpha value is -1.43. The van der Waals surface area contributed by atoms with Crippen LogP contribution in [0.15, 0.2) is 0 Å². The monoisotopic (exact) mass is 277 g/mol. The molecule has 0 aromatic carbocycles. The van der Waals surface area contributed by atoms with Gasteiger partial charge in [0.1, 0.15) is 11.6 Å². The van der Waals surface area contributed by atoms with Crippen LogP contribution in [0.1, 0.15) is 37.3 Å². The summed E-state index contributed by atoms with van der Waals surface area (Å²) in [6.07, 6.45) is 4.36. The van der Waals surface area contributed by atoms with E-state index in [1.54, 1.807) is 0 Å². The van der Waals surface area contributed by atoms with Gasteiger partial charge in [-0.3, -0.25) is 9.69 Å². The molecule has 0 radical (unpaired) electrons. The second kappa shape index (κ2) is 5.52. The van der Waals surface area contributed by atoms with E-state index in [1.807, 2.05) is 18.5 Å². The molecule has 6 heteroatoms. The number of nitrogens with one attached hydrogen (secondary N) is 1. The van der Waals surface area contributed by atoms with Gasteiger partial charge in [-0.05, 0) is 39.2 Å². The van der Waals surface area contributed by atoms with Crippen molar-refractivity contribution in [3.63, 3.8) is 0 Å². The Labute approximate surface area is 119 Å². The van der Waals surface area contributed by atoms with Gasteiger partial charge < -0.3 is 9.88 Å². The lowest BCUT2D eigenvalue weighted by Gasteiger charge is -2.32.